The van der Waals surface area contributed by atoms with Gasteiger partial charge in [-0.05, 0) is 37.1 Å². The highest BCUT2D eigenvalue weighted by Gasteiger charge is 2.37. The summed E-state index contributed by atoms with van der Waals surface area (Å²) in [5, 5.41) is 15.6. The first kappa shape index (κ1) is 20.5. The number of fused-ring (bicyclic) bond motifs is 3. The Kier molecular flexibility index (Phi) is 5.91. The van der Waals surface area contributed by atoms with Crippen molar-refractivity contribution in [1.29, 1.82) is 0 Å². The van der Waals surface area contributed by atoms with Crippen molar-refractivity contribution in [3.63, 3.8) is 0 Å². The molecule has 1 aromatic carbocycles. The van der Waals surface area contributed by atoms with Crippen molar-refractivity contribution in [2.45, 2.75) is 45.7 Å². The van der Waals surface area contributed by atoms with E-state index < -0.39 is 11.9 Å². The number of hydrogen-bond acceptors (Lipinski definition) is 3. The van der Waals surface area contributed by atoms with E-state index in [4.69, 9.17) is 15.9 Å². The Morgan fingerprint density at radius 1 is 1.15 bits per heavy atom. The fourth-order valence-corrected chi connectivity index (χ4v) is 3.43. The summed E-state index contributed by atoms with van der Waals surface area (Å²) in [6, 6.07) is 9.23. The predicted octanol–water partition coefficient (Wildman–Crippen LogP) is 3.16. The van der Waals surface area contributed by atoms with E-state index in [1.807, 2.05) is 0 Å². The van der Waals surface area contributed by atoms with E-state index in [0.29, 0.717) is 12.2 Å². The second-order valence-electron chi connectivity index (χ2n) is 7.39. The third-order valence-corrected chi connectivity index (χ3v) is 4.59. The molecule has 144 valence electrons. The second kappa shape index (κ2) is 7.80. The largest absolute Gasteiger partial charge is 0.478 e. The molecule has 4 N–H and O–H groups in total. The molecule has 0 saturated carbocycles. The highest BCUT2D eigenvalue weighted by molar-refractivity contribution is 5.89. The Hall–Kier alpha value is -2.86. The summed E-state index contributed by atoms with van der Waals surface area (Å²) in [6.45, 7) is 9.71. The molecule has 0 fully saturated rings. The number of nitrogens with two attached hydrogens (primary N) is 1. The van der Waals surface area contributed by atoms with Gasteiger partial charge in [-0.1, -0.05) is 31.5 Å². The van der Waals surface area contributed by atoms with E-state index in [1.54, 1.807) is 0 Å². The number of rotatable bonds is 4. The van der Waals surface area contributed by atoms with E-state index in [2.05, 4.69) is 62.7 Å². The van der Waals surface area contributed by atoms with Crippen molar-refractivity contribution in [3.05, 3.63) is 59.3 Å². The highest BCUT2D eigenvalue weighted by Crippen LogP contribution is 2.49. The van der Waals surface area contributed by atoms with E-state index in [9.17, 15) is 9.59 Å². The van der Waals surface area contributed by atoms with Gasteiger partial charge < -0.3 is 20.5 Å². The van der Waals surface area contributed by atoms with Crippen LogP contribution in [0.3, 0.4) is 0 Å². The van der Waals surface area contributed by atoms with Crippen LogP contribution in [0.4, 0.5) is 0 Å². The van der Waals surface area contributed by atoms with Crippen molar-refractivity contribution in [2.24, 2.45) is 5.73 Å². The average molecular weight is 370 g/mol. The number of carboxylic acids is 2. The van der Waals surface area contributed by atoms with Gasteiger partial charge >= 0.3 is 11.9 Å². The molecule has 0 saturated heterocycles. The number of carboxylic acid groups (broad SMARTS) is 2. The molecule has 2 aromatic rings. The maximum absolute atomic E-state index is 9.55. The minimum absolute atomic E-state index is 0.0987. The first-order valence-corrected chi connectivity index (χ1v) is 8.74. The number of aliphatic carboxylic acids is 2. The first-order valence-electron chi connectivity index (χ1n) is 8.74. The second-order valence-corrected chi connectivity index (χ2v) is 7.39. The summed E-state index contributed by atoms with van der Waals surface area (Å²) in [5.74, 6) is -2.51. The molecule has 0 spiro atoms. The Labute approximate surface area is 158 Å². The van der Waals surface area contributed by atoms with Crippen LogP contribution in [0.15, 0.2) is 42.6 Å². The van der Waals surface area contributed by atoms with Gasteiger partial charge in [0.25, 0.3) is 0 Å². The van der Waals surface area contributed by atoms with Gasteiger partial charge in [0, 0.05) is 41.9 Å². The van der Waals surface area contributed by atoms with Crippen LogP contribution in [0.2, 0.25) is 0 Å². The maximum atomic E-state index is 9.55. The van der Waals surface area contributed by atoms with Crippen molar-refractivity contribution in [2.75, 3.05) is 0 Å². The van der Waals surface area contributed by atoms with E-state index in [1.165, 1.54) is 27.9 Å². The molecular formula is C21H26N2O4. The number of aromatic nitrogens is 1. The van der Waals surface area contributed by atoms with Crippen LogP contribution < -0.4 is 5.73 Å². The van der Waals surface area contributed by atoms with Gasteiger partial charge in [0.1, 0.15) is 0 Å². The summed E-state index contributed by atoms with van der Waals surface area (Å²) in [4.78, 5) is 19.1. The summed E-state index contributed by atoms with van der Waals surface area (Å²) in [7, 11) is 0. The molecule has 1 aliphatic carbocycles. The minimum atomic E-state index is -1.26. The molecule has 1 aliphatic rings. The van der Waals surface area contributed by atoms with Crippen molar-refractivity contribution >= 4 is 11.9 Å². The lowest BCUT2D eigenvalue weighted by Gasteiger charge is -2.20. The number of carbonyl (C=O) groups is 2. The molecule has 3 rings (SSSR count). The molecule has 1 aromatic heterocycles. The Balaban J connectivity index is 0.000000279. The molecule has 1 heterocycles. The zero-order chi connectivity index (χ0) is 20.4. The van der Waals surface area contributed by atoms with Crippen LogP contribution in [-0.2, 0) is 21.5 Å². The molecule has 0 aliphatic heterocycles. The van der Waals surface area contributed by atoms with E-state index in [0.717, 1.165) is 6.54 Å². The van der Waals surface area contributed by atoms with Gasteiger partial charge in [-0.15, -0.1) is 0 Å². The Bertz CT molecular complexity index is 876. The fraction of sp³-hybridized carbons (Fsp3) is 0.333. The summed E-state index contributed by atoms with van der Waals surface area (Å²) >= 11 is 0. The molecule has 1 atom stereocenters. The monoisotopic (exact) mass is 370 g/mol. The smallest absolute Gasteiger partial charge is 0.328 e. The molecule has 6 nitrogen and oxygen atoms in total. The Morgan fingerprint density at radius 2 is 1.74 bits per heavy atom. The minimum Gasteiger partial charge on any atom is -0.478 e. The zero-order valence-corrected chi connectivity index (χ0v) is 16.1. The highest BCUT2D eigenvalue weighted by atomic mass is 16.4. The topological polar surface area (TPSA) is 106 Å². The third-order valence-electron chi connectivity index (χ3n) is 4.59. The quantitative estimate of drug-likeness (QED) is 0.717. The van der Waals surface area contributed by atoms with Crippen LogP contribution in [-0.4, -0.2) is 32.8 Å². The van der Waals surface area contributed by atoms with Crippen molar-refractivity contribution in [1.82, 2.24) is 4.57 Å². The van der Waals surface area contributed by atoms with Gasteiger partial charge in [0.05, 0.1) is 5.69 Å². The normalized spacial score (nSPS) is 14.9. The SMILES string of the molecule is Cc1ccc2c(c1)-c1c(ccn1C[C@H](C)N)C2(C)C.O=C(O)/C=C/C(=O)O. The van der Waals surface area contributed by atoms with Gasteiger partial charge in [0.2, 0.25) is 0 Å². The van der Waals surface area contributed by atoms with Crippen LogP contribution in [0, 0.1) is 6.92 Å². The van der Waals surface area contributed by atoms with Crippen LogP contribution in [0.25, 0.3) is 11.3 Å². The molecule has 0 unspecified atom stereocenters. The lowest BCUT2D eigenvalue weighted by Crippen LogP contribution is -2.22. The predicted molar refractivity (Wildman–Crippen MR) is 105 cm³/mol. The van der Waals surface area contributed by atoms with E-state index >= 15 is 0 Å². The van der Waals surface area contributed by atoms with Crippen LogP contribution in [0.1, 0.15) is 37.5 Å². The van der Waals surface area contributed by atoms with Gasteiger partial charge in [-0.25, -0.2) is 9.59 Å². The number of nitrogens with zero attached hydrogens (tertiary/aromatic N) is 1. The van der Waals surface area contributed by atoms with Crippen LogP contribution >= 0.6 is 0 Å². The molecule has 0 bridgehead atoms. The van der Waals surface area contributed by atoms with Crippen LogP contribution in [0.5, 0.6) is 0 Å². The molecule has 6 heteroatoms. The van der Waals surface area contributed by atoms with Gasteiger partial charge in [0.15, 0.2) is 0 Å². The fourth-order valence-electron chi connectivity index (χ4n) is 3.43. The lowest BCUT2D eigenvalue weighted by molar-refractivity contribution is -0.134. The molecular weight excluding hydrogens is 344 g/mol. The standard InChI is InChI=1S/C17H22N2.C4H4O4/c1-11-5-6-14-13(9-11)16-15(17(14,3)4)7-8-19(16)10-12(2)18;5-3(6)1-2-4(7)8/h5-9,12H,10,18H2,1-4H3;1-2H,(H,5,6)(H,7,8)/b;2-1+/t12-;/m0./s1. The summed E-state index contributed by atoms with van der Waals surface area (Å²) < 4.78 is 2.31. The van der Waals surface area contributed by atoms with Crippen molar-refractivity contribution in [3.8, 4) is 11.3 Å². The lowest BCUT2D eigenvalue weighted by atomic mass is 9.83. The van der Waals surface area contributed by atoms with E-state index in [-0.39, 0.29) is 11.5 Å². The van der Waals surface area contributed by atoms with Gasteiger partial charge in [-0.2, -0.15) is 0 Å². The van der Waals surface area contributed by atoms with Crippen molar-refractivity contribution < 1.29 is 19.8 Å². The third kappa shape index (κ3) is 4.46. The first-order chi connectivity index (χ1) is 12.5. The van der Waals surface area contributed by atoms with Gasteiger partial charge in [-0.3, -0.25) is 0 Å². The zero-order valence-electron chi connectivity index (χ0n) is 16.1. The number of benzene rings is 1. The summed E-state index contributed by atoms with van der Waals surface area (Å²) in [5.41, 5.74) is 13.0. The summed E-state index contributed by atoms with van der Waals surface area (Å²) in [6.07, 6.45) is 3.30. The Morgan fingerprint density at radius 3 is 2.26 bits per heavy atom. The molecule has 0 radical (unpaired) electrons. The maximum Gasteiger partial charge on any atom is 0.328 e. The number of aryl methyl sites for hydroxylation is 1. The molecule has 27 heavy (non-hydrogen) atoms. The number of hydrogen-bond donors (Lipinski definition) is 3. The molecule has 0 amide bonds. The average Bonchev–Trinajstić information content (AvgIpc) is 3.05.